The van der Waals surface area contributed by atoms with Crippen LogP contribution in [0.1, 0.15) is 6.42 Å². The zero-order valence-corrected chi connectivity index (χ0v) is 10.2. The molecule has 2 rings (SSSR count). The summed E-state index contributed by atoms with van der Waals surface area (Å²) in [6.07, 6.45) is -4.71. The summed E-state index contributed by atoms with van der Waals surface area (Å²) in [4.78, 5) is 11.3. The molecule has 1 amide bonds. The van der Waals surface area contributed by atoms with Gasteiger partial charge in [0.2, 0.25) is 5.91 Å². The van der Waals surface area contributed by atoms with Crippen LogP contribution in [0.4, 0.5) is 24.7 Å². The fourth-order valence-electron chi connectivity index (χ4n) is 1.59. The highest BCUT2D eigenvalue weighted by Crippen LogP contribution is 2.21. The van der Waals surface area contributed by atoms with Crippen molar-refractivity contribution in [1.82, 2.24) is 9.78 Å². The first-order chi connectivity index (χ1) is 9.35. The van der Waals surface area contributed by atoms with Gasteiger partial charge in [0.05, 0.1) is 11.9 Å². The van der Waals surface area contributed by atoms with Gasteiger partial charge in [-0.3, -0.25) is 4.79 Å². The lowest BCUT2D eigenvalue weighted by Gasteiger charge is -2.10. The molecule has 20 heavy (non-hydrogen) atoms. The van der Waals surface area contributed by atoms with Crippen molar-refractivity contribution in [3.63, 3.8) is 0 Å². The van der Waals surface area contributed by atoms with Crippen molar-refractivity contribution in [3.05, 3.63) is 36.5 Å². The van der Waals surface area contributed by atoms with Crippen molar-refractivity contribution in [3.8, 4) is 5.69 Å². The van der Waals surface area contributed by atoms with Crippen molar-refractivity contribution in [2.24, 2.45) is 0 Å². The number of halogens is 3. The van der Waals surface area contributed by atoms with E-state index in [2.05, 4.69) is 10.4 Å². The highest BCUT2D eigenvalue weighted by Gasteiger charge is 2.31. The molecule has 0 bridgehead atoms. The molecular weight excluding hydrogens is 273 g/mol. The number of anilines is 2. The van der Waals surface area contributed by atoms with Gasteiger partial charge in [-0.2, -0.15) is 18.3 Å². The van der Waals surface area contributed by atoms with Gasteiger partial charge in [-0.05, 0) is 24.3 Å². The highest BCUT2D eigenvalue weighted by molar-refractivity contribution is 5.90. The van der Waals surface area contributed by atoms with Crippen LogP contribution in [-0.2, 0) is 4.79 Å². The molecule has 0 saturated heterocycles. The Morgan fingerprint density at radius 2 is 1.90 bits per heavy atom. The number of nitrogens with zero attached hydrogens (tertiary/aromatic N) is 2. The monoisotopic (exact) mass is 284 g/mol. The second kappa shape index (κ2) is 5.24. The average Bonchev–Trinajstić information content (AvgIpc) is 2.75. The Balaban J connectivity index is 2.17. The number of hydrogen-bond acceptors (Lipinski definition) is 3. The molecule has 0 aliphatic rings. The molecule has 0 spiro atoms. The lowest BCUT2D eigenvalue weighted by atomic mass is 10.3. The van der Waals surface area contributed by atoms with E-state index in [1.54, 1.807) is 24.3 Å². The number of aromatic nitrogens is 2. The van der Waals surface area contributed by atoms with E-state index in [0.717, 1.165) is 0 Å². The Morgan fingerprint density at radius 1 is 1.25 bits per heavy atom. The molecule has 0 unspecified atom stereocenters. The lowest BCUT2D eigenvalue weighted by molar-refractivity contribution is -0.150. The zero-order valence-electron chi connectivity index (χ0n) is 10.2. The molecule has 8 heteroatoms. The van der Waals surface area contributed by atoms with E-state index >= 15 is 0 Å². The van der Waals surface area contributed by atoms with Crippen LogP contribution in [0.3, 0.4) is 0 Å². The number of carbonyl (C=O) groups is 1. The van der Waals surface area contributed by atoms with Gasteiger partial charge in [-0.25, -0.2) is 4.68 Å². The Kier molecular flexibility index (Phi) is 3.64. The minimum atomic E-state index is -4.55. The predicted octanol–water partition coefficient (Wildman–Crippen LogP) is 2.35. The first-order valence-corrected chi connectivity index (χ1v) is 5.62. The summed E-state index contributed by atoms with van der Waals surface area (Å²) in [7, 11) is 0. The Morgan fingerprint density at radius 3 is 2.50 bits per heavy atom. The largest absolute Gasteiger partial charge is 0.399 e. The third-order valence-electron chi connectivity index (χ3n) is 2.41. The van der Waals surface area contributed by atoms with E-state index in [4.69, 9.17) is 5.73 Å². The normalized spacial score (nSPS) is 11.3. The summed E-state index contributed by atoms with van der Waals surface area (Å²) >= 11 is 0. The number of benzene rings is 1. The highest BCUT2D eigenvalue weighted by atomic mass is 19.4. The minimum Gasteiger partial charge on any atom is -0.399 e. The lowest BCUT2D eigenvalue weighted by Crippen LogP contribution is -2.22. The summed E-state index contributed by atoms with van der Waals surface area (Å²) in [5.41, 5.74) is 6.66. The fraction of sp³-hybridized carbons (Fsp3) is 0.167. The molecule has 106 valence electrons. The van der Waals surface area contributed by atoms with Crippen molar-refractivity contribution >= 4 is 17.4 Å². The summed E-state index contributed by atoms with van der Waals surface area (Å²) < 4.78 is 37.6. The van der Waals surface area contributed by atoms with Crippen LogP contribution in [0.5, 0.6) is 0 Å². The molecule has 0 radical (unpaired) electrons. The first kappa shape index (κ1) is 13.9. The molecule has 1 aromatic carbocycles. The first-order valence-electron chi connectivity index (χ1n) is 5.62. The minimum absolute atomic E-state index is 0.157. The van der Waals surface area contributed by atoms with Crippen LogP contribution < -0.4 is 11.1 Å². The van der Waals surface area contributed by atoms with Crippen LogP contribution in [0.15, 0.2) is 36.5 Å². The molecule has 0 aliphatic heterocycles. The van der Waals surface area contributed by atoms with Crippen molar-refractivity contribution in [2.75, 3.05) is 11.1 Å². The molecular formula is C12H11F3N4O. The fourth-order valence-corrected chi connectivity index (χ4v) is 1.59. The van der Waals surface area contributed by atoms with E-state index in [1.165, 1.54) is 16.9 Å². The Hall–Kier alpha value is -2.51. The zero-order chi connectivity index (χ0) is 14.8. The van der Waals surface area contributed by atoms with E-state index in [0.29, 0.717) is 11.4 Å². The second-order valence-corrected chi connectivity index (χ2v) is 4.06. The second-order valence-electron chi connectivity index (χ2n) is 4.06. The number of amides is 1. The Labute approximate surface area is 112 Å². The molecule has 2 aromatic rings. The van der Waals surface area contributed by atoms with Gasteiger partial charge in [0.25, 0.3) is 0 Å². The van der Waals surface area contributed by atoms with Gasteiger partial charge in [0.15, 0.2) is 0 Å². The van der Waals surface area contributed by atoms with Crippen LogP contribution in [0, 0.1) is 0 Å². The van der Waals surface area contributed by atoms with Gasteiger partial charge in [0, 0.05) is 11.8 Å². The van der Waals surface area contributed by atoms with Crippen LogP contribution in [-0.4, -0.2) is 21.9 Å². The predicted molar refractivity (Wildman–Crippen MR) is 67.3 cm³/mol. The molecule has 0 atom stereocenters. The molecule has 0 aliphatic carbocycles. The van der Waals surface area contributed by atoms with Crippen LogP contribution in [0.25, 0.3) is 5.69 Å². The van der Waals surface area contributed by atoms with Crippen molar-refractivity contribution in [2.45, 2.75) is 12.6 Å². The molecule has 1 aromatic heterocycles. The molecule has 0 saturated carbocycles. The van der Waals surface area contributed by atoms with E-state index in [-0.39, 0.29) is 5.82 Å². The number of nitrogens with two attached hydrogens (primary N) is 1. The van der Waals surface area contributed by atoms with E-state index in [9.17, 15) is 18.0 Å². The maximum Gasteiger partial charge on any atom is 0.397 e. The van der Waals surface area contributed by atoms with Gasteiger partial charge < -0.3 is 11.1 Å². The number of carbonyl (C=O) groups excluding carboxylic acids is 1. The number of nitrogen functional groups attached to an aromatic ring is 1. The van der Waals surface area contributed by atoms with Gasteiger partial charge in [-0.15, -0.1) is 0 Å². The number of hydrogen-bond donors (Lipinski definition) is 2. The smallest absolute Gasteiger partial charge is 0.397 e. The summed E-state index contributed by atoms with van der Waals surface area (Å²) in [5, 5.41) is 6.12. The average molecular weight is 284 g/mol. The topological polar surface area (TPSA) is 72.9 Å². The van der Waals surface area contributed by atoms with Gasteiger partial charge in [0.1, 0.15) is 12.2 Å². The third kappa shape index (κ3) is 3.50. The van der Waals surface area contributed by atoms with Crippen LogP contribution in [0.2, 0.25) is 0 Å². The van der Waals surface area contributed by atoms with Crippen LogP contribution >= 0.6 is 0 Å². The summed E-state index contributed by atoms with van der Waals surface area (Å²) in [5.74, 6) is -0.987. The maximum atomic E-state index is 12.1. The Bertz CT molecular complexity index is 604. The molecule has 1 heterocycles. The number of nitrogens with one attached hydrogen (secondary N) is 1. The number of alkyl halides is 3. The van der Waals surface area contributed by atoms with Gasteiger partial charge in [-0.1, -0.05) is 0 Å². The molecule has 3 N–H and O–H groups in total. The quantitative estimate of drug-likeness (QED) is 0.850. The molecule has 5 nitrogen and oxygen atoms in total. The summed E-state index contributed by atoms with van der Waals surface area (Å²) in [6, 6.07) is 7.94. The van der Waals surface area contributed by atoms with Crippen molar-refractivity contribution in [1.29, 1.82) is 0 Å². The number of rotatable bonds is 3. The maximum absolute atomic E-state index is 12.1. The van der Waals surface area contributed by atoms with E-state index in [1.807, 2.05) is 0 Å². The standard InChI is InChI=1S/C12H11F3N4O/c13-12(14,15)7-11(20)18-10-5-6-17-19(10)9-3-1-8(16)2-4-9/h1-6H,7,16H2,(H,18,20). The summed E-state index contributed by atoms with van der Waals surface area (Å²) in [6.45, 7) is 0. The van der Waals surface area contributed by atoms with E-state index < -0.39 is 18.5 Å². The third-order valence-corrected chi connectivity index (χ3v) is 2.41. The van der Waals surface area contributed by atoms with Crippen molar-refractivity contribution < 1.29 is 18.0 Å². The molecule has 0 fully saturated rings. The van der Waals surface area contributed by atoms with Gasteiger partial charge >= 0.3 is 6.18 Å². The SMILES string of the molecule is Nc1ccc(-n2nccc2NC(=O)CC(F)(F)F)cc1.